The van der Waals surface area contributed by atoms with Crippen LogP contribution in [0, 0.1) is 6.54 Å². The van der Waals surface area contributed by atoms with Crippen molar-refractivity contribution in [1.29, 1.82) is 0 Å². The van der Waals surface area contributed by atoms with Crippen LogP contribution in [0.3, 0.4) is 0 Å². The van der Waals surface area contributed by atoms with E-state index in [-0.39, 0.29) is 6.10 Å². The minimum Gasteiger partial charge on any atom is -0.376 e. The van der Waals surface area contributed by atoms with Crippen LogP contribution < -0.4 is 5.73 Å². The van der Waals surface area contributed by atoms with Gasteiger partial charge in [0.15, 0.2) is 0 Å². The summed E-state index contributed by atoms with van der Waals surface area (Å²) >= 11 is 0. The molecule has 0 aromatic heterocycles. The Morgan fingerprint density at radius 3 is 2.50 bits per heavy atom. The molecule has 0 spiro atoms. The molecule has 6 heavy (non-hydrogen) atoms. The van der Waals surface area contributed by atoms with E-state index in [1.165, 1.54) is 0 Å². The van der Waals surface area contributed by atoms with Crippen LogP contribution in [0.4, 0.5) is 0 Å². The first-order valence-corrected chi connectivity index (χ1v) is 2.10. The fourth-order valence-corrected chi connectivity index (χ4v) is 0.406. The Balaban J connectivity index is 2.01. The topological polar surface area (TPSA) is 35.2 Å². The van der Waals surface area contributed by atoms with E-state index in [9.17, 15) is 0 Å². The summed E-state index contributed by atoms with van der Waals surface area (Å²) in [5.74, 6) is 0. The second kappa shape index (κ2) is 1.58. The Morgan fingerprint density at radius 2 is 2.50 bits per heavy atom. The quantitative estimate of drug-likeness (QED) is 0.483. The molecule has 0 aliphatic carbocycles. The molecule has 1 rings (SSSR count). The van der Waals surface area contributed by atoms with Gasteiger partial charge in [0.25, 0.3) is 0 Å². The number of rotatable bonds is 1. The lowest BCUT2D eigenvalue weighted by Crippen LogP contribution is -2.29. The zero-order valence-electron chi connectivity index (χ0n) is 3.55. The lowest BCUT2D eigenvalue weighted by Gasteiger charge is -2.23. The van der Waals surface area contributed by atoms with E-state index in [0.29, 0.717) is 0 Å². The maximum absolute atomic E-state index is 5.08. The molecule has 35 valence electrons. The summed E-state index contributed by atoms with van der Waals surface area (Å²) in [7, 11) is 0. The van der Waals surface area contributed by atoms with Gasteiger partial charge in [-0.3, -0.25) is 0 Å². The highest BCUT2D eigenvalue weighted by atomic mass is 16.5. The van der Waals surface area contributed by atoms with Crippen molar-refractivity contribution in [3.63, 3.8) is 0 Å². The largest absolute Gasteiger partial charge is 0.376 e. The first-order valence-electron chi connectivity index (χ1n) is 2.10. The van der Waals surface area contributed by atoms with Gasteiger partial charge >= 0.3 is 0 Å². The van der Waals surface area contributed by atoms with Crippen LogP contribution in [-0.4, -0.2) is 12.7 Å². The Morgan fingerprint density at radius 1 is 1.83 bits per heavy atom. The first-order chi connectivity index (χ1) is 2.93. The molecule has 0 saturated carbocycles. The van der Waals surface area contributed by atoms with E-state index >= 15 is 0 Å². The van der Waals surface area contributed by atoms with Crippen molar-refractivity contribution < 1.29 is 4.74 Å². The first kappa shape index (κ1) is 4.09. The minimum absolute atomic E-state index is 0.269. The van der Waals surface area contributed by atoms with Crippen LogP contribution in [0.25, 0.3) is 0 Å². The Labute approximate surface area is 37.3 Å². The minimum atomic E-state index is 0.269. The average molecular weight is 86.1 g/mol. The van der Waals surface area contributed by atoms with Gasteiger partial charge in [-0.1, -0.05) is 0 Å². The second-order valence-electron chi connectivity index (χ2n) is 1.39. The van der Waals surface area contributed by atoms with Crippen molar-refractivity contribution >= 4 is 0 Å². The molecule has 1 heterocycles. The number of hydrogen-bond donors (Lipinski definition) is 1. The monoisotopic (exact) mass is 86.1 g/mol. The summed E-state index contributed by atoms with van der Waals surface area (Å²) in [6, 6.07) is 0. The molecular formula is C4H8NO. The molecule has 1 fully saturated rings. The van der Waals surface area contributed by atoms with Crippen molar-refractivity contribution in [2.45, 2.75) is 12.5 Å². The zero-order valence-corrected chi connectivity index (χ0v) is 3.55. The van der Waals surface area contributed by atoms with E-state index in [1.807, 2.05) is 0 Å². The third-order valence-corrected chi connectivity index (χ3v) is 0.949. The predicted molar refractivity (Wildman–Crippen MR) is 22.8 cm³/mol. The molecule has 1 saturated heterocycles. The summed E-state index contributed by atoms with van der Waals surface area (Å²) in [4.78, 5) is 0. The predicted octanol–water partition coefficient (Wildman–Crippen LogP) is -0.104. The van der Waals surface area contributed by atoms with Gasteiger partial charge in [-0.2, -0.15) is 0 Å². The van der Waals surface area contributed by atoms with Gasteiger partial charge < -0.3 is 10.5 Å². The van der Waals surface area contributed by atoms with E-state index < -0.39 is 0 Å². The molecule has 0 aromatic carbocycles. The van der Waals surface area contributed by atoms with Gasteiger partial charge in [0.1, 0.15) is 0 Å². The molecule has 2 heteroatoms. The Hall–Kier alpha value is -0.0800. The molecule has 1 unspecified atom stereocenters. The molecule has 1 atom stereocenters. The molecule has 1 aliphatic rings. The number of ether oxygens (including phenoxy) is 1. The van der Waals surface area contributed by atoms with Crippen molar-refractivity contribution in [3.8, 4) is 0 Å². The zero-order chi connectivity index (χ0) is 4.41. The van der Waals surface area contributed by atoms with E-state index in [0.717, 1.165) is 13.0 Å². The van der Waals surface area contributed by atoms with Crippen molar-refractivity contribution in [3.05, 3.63) is 6.54 Å². The average Bonchev–Trinajstić information content (AvgIpc) is 1.31. The van der Waals surface area contributed by atoms with Crippen molar-refractivity contribution in [1.82, 2.24) is 0 Å². The van der Waals surface area contributed by atoms with Gasteiger partial charge in [0, 0.05) is 13.2 Å². The molecule has 1 radical (unpaired) electrons. The highest BCUT2D eigenvalue weighted by Gasteiger charge is 2.14. The van der Waals surface area contributed by atoms with E-state index in [4.69, 9.17) is 10.5 Å². The molecule has 0 amide bonds. The summed E-state index contributed by atoms with van der Waals surface area (Å²) < 4.78 is 4.90. The molecule has 2 nitrogen and oxygen atoms in total. The van der Waals surface area contributed by atoms with Crippen LogP contribution in [0.1, 0.15) is 6.42 Å². The number of hydrogen-bond acceptors (Lipinski definition) is 2. The van der Waals surface area contributed by atoms with Crippen LogP contribution in [0.15, 0.2) is 0 Å². The highest BCUT2D eigenvalue weighted by Crippen LogP contribution is 2.09. The van der Waals surface area contributed by atoms with E-state index in [1.54, 1.807) is 6.54 Å². The van der Waals surface area contributed by atoms with Gasteiger partial charge in [0.05, 0.1) is 6.10 Å². The third-order valence-electron chi connectivity index (χ3n) is 0.949. The maximum Gasteiger partial charge on any atom is 0.0764 e. The Kier molecular flexibility index (Phi) is 1.08. The molecule has 2 N–H and O–H groups in total. The summed E-state index contributed by atoms with van der Waals surface area (Å²) in [5.41, 5.74) is 5.08. The van der Waals surface area contributed by atoms with Gasteiger partial charge in [-0.05, 0) is 6.42 Å². The highest BCUT2D eigenvalue weighted by molar-refractivity contribution is 4.75. The van der Waals surface area contributed by atoms with Gasteiger partial charge in [0.2, 0.25) is 0 Å². The van der Waals surface area contributed by atoms with Crippen LogP contribution >= 0.6 is 0 Å². The van der Waals surface area contributed by atoms with Gasteiger partial charge in [-0.25, -0.2) is 0 Å². The SMILES string of the molecule is N[CH]C1CCO1. The Bertz CT molecular complexity index is 40.1. The summed E-state index contributed by atoms with van der Waals surface area (Å²) in [6.45, 7) is 2.47. The van der Waals surface area contributed by atoms with E-state index in [2.05, 4.69) is 0 Å². The maximum atomic E-state index is 5.08. The summed E-state index contributed by atoms with van der Waals surface area (Å²) in [5, 5.41) is 0. The molecule has 0 bridgehead atoms. The lowest BCUT2D eigenvalue weighted by molar-refractivity contribution is -0.0294. The molecule has 0 aromatic rings. The summed E-state index contributed by atoms with van der Waals surface area (Å²) in [6.07, 6.45) is 1.38. The van der Waals surface area contributed by atoms with Crippen LogP contribution in [-0.2, 0) is 4.74 Å². The molecule has 1 aliphatic heterocycles. The smallest absolute Gasteiger partial charge is 0.0764 e. The van der Waals surface area contributed by atoms with Crippen molar-refractivity contribution in [2.75, 3.05) is 6.61 Å². The lowest BCUT2D eigenvalue weighted by atomic mass is 10.2. The van der Waals surface area contributed by atoms with Crippen molar-refractivity contribution in [2.24, 2.45) is 5.73 Å². The number of nitrogens with two attached hydrogens (primary N) is 1. The third kappa shape index (κ3) is 0.533. The fraction of sp³-hybridized carbons (Fsp3) is 0.750. The van der Waals surface area contributed by atoms with Crippen LogP contribution in [0.5, 0.6) is 0 Å². The van der Waals surface area contributed by atoms with Crippen LogP contribution in [0.2, 0.25) is 0 Å². The van der Waals surface area contributed by atoms with Gasteiger partial charge in [-0.15, -0.1) is 0 Å². The fourth-order valence-electron chi connectivity index (χ4n) is 0.406. The standard InChI is InChI=1S/C4H8NO/c5-3-4-1-2-6-4/h3-4H,1-2,5H2. The normalized spacial score (nSPS) is 32.5. The molecular weight excluding hydrogens is 78.0 g/mol. The second-order valence-corrected chi connectivity index (χ2v) is 1.39.